The molecule has 0 radical (unpaired) electrons. The largest absolute Gasteiger partial charge is 0.495 e. The lowest BCUT2D eigenvalue weighted by Gasteiger charge is -2.10. The molecule has 5 heteroatoms. The number of halogens is 2. The van der Waals surface area contributed by atoms with E-state index in [1.165, 1.54) is 0 Å². The summed E-state index contributed by atoms with van der Waals surface area (Å²) in [5.74, 6) is 0.482. The number of amides is 1. The molecular weight excluding hydrogens is 421 g/mol. The monoisotopic (exact) mass is 431 g/mol. The van der Waals surface area contributed by atoms with E-state index in [-0.39, 0.29) is 5.91 Å². The van der Waals surface area contributed by atoms with Crippen molar-refractivity contribution in [1.29, 1.82) is 0 Å². The Morgan fingerprint density at radius 1 is 1.26 bits per heavy atom. The number of hydrogen-bond donors (Lipinski definition) is 1. The van der Waals surface area contributed by atoms with Crippen LogP contribution in [0.4, 0.5) is 5.69 Å². The van der Waals surface area contributed by atoms with Crippen LogP contribution in [-0.4, -0.2) is 13.0 Å². The van der Waals surface area contributed by atoms with Crippen molar-refractivity contribution in [2.24, 2.45) is 0 Å². The van der Waals surface area contributed by atoms with E-state index in [1.807, 2.05) is 36.4 Å². The molecule has 2 rings (SSSR count). The minimum Gasteiger partial charge on any atom is -0.495 e. The van der Waals surface area contributed by atoms with Gasteiger partial charge in [-0.2, -0.15) is 0 Å². The smallest absolute Gasteiger partial charge is 0.256 e. The average Bonchev–Trinajstić information content (AvgIpc) is 2.42. The van der Waals surface area contributed by atoms with Gasteiger partial charge in [0, 0.05) is 8.04 Å². The molecular formula is C14H11BrINO2. The Kier molecular flexibility index (Phi) is 4.81. The number of nitrogens with one attached hydrogen (secondary N) is 1. The summed E-state index contributed by atoms with van der Waals surface area (Å²) in [6.07, 6.45) is 0. The van der Waals surface area contributed by atoms with Crippen LogP contribution in [0.25, 0.3) is 0 Å². The van der Waals surface area contributed by atoms with Crippen molar-refractivity contribution in [2.45, 2.75) is 0 Å². The van der Waals surface area contributed by atoms with Crippen molar-refractivity contribution in [1.82, 2.24) is 0 Å². The molecule has 0 unspecified atom stereocenters. The third kappa shape index (κ3) is 3.48. The molecule has 0 aromatic heterocycles. The molecule has 0 atom stereocenters. The number of carbonyl (C=O) groups excluding carboxylic acids is 1. The zero-order valence-electron chi connectivity index (χ0n) is 10.1. The molecule has 3 nitrogen and oxygen atoms in total. The molecule has 1 N–H and O–H groups in total. The first-order chi connectivity index (χ1) is 9.11. The molecule has 2 aromatic rings. The average molecular weight is 432 g/mol. The van der Waals surface area contributed by atoms with Gasteiger partial charge in [-0.1, -0.05) is 28.1 Å². The predicted octanol–water partition coefficient (Wildman–Crippen LogP) is 4.31. The highest BCUT2D eigenvalue weighted by molar-refractivity contribution is 14.1. The molecule has 0 spiro atoms. The van der Waals surface area contributed by atoms with Gasteiger partial charge in [0.2, 0.25) is 0 Å². The van der Waals surface area contributed by atoms with Crippen LogP contribution in [0.3, 0.4) is 0 Å². The van der Waals surface area contributed by atoms with E-state index in [0.29, 0.717) is 17.0 Å². The molecule has 0 fully saturated rings. The predicted molar refractivity (Wildman–Crippen MR) is 87.8 cm³/mol. The van der Waals surface area contributed by atoms with Crippen molar-refractivity contribution in [3.05, 3.63) is 56.1 Å². The fourth-order valence-electron chi connectivity index (χ4n) is 1.61. The van der Waals surface area contributed by atoms with Gasteiger partial charge >= 0.3 is 0 Å². The van der Waals surface area contributed by atoms with E-state index in [1.54, 1.807) is 13.2 Å². The summed E-state index contributed by atoms with van der Waals surface area (Å²) in [5.41, 5.74) is 1.28. The van der Waals surface area contributed by atoms with Crippen molar-refractivity contribution in [3.8, 4) is 5.75 Å². The fraction of sp³-hybridized carbons (Fsp3) is 0.0714. The molecule has 0 bridgehead atoms. The Morgan fingerprint density at radius 2 is 2.00 bits per heavy atom. The molecule has 98 valence electrons. The number of ether oxygens (including phenoxy) is 1. The molecule has 19 heavy (non-hydrogen) atoms. The van der Waals surface area contributed by atoms with E-state index in [4.69, 9.17) is 4.74 Å². The number of carbonyl (C=O) groups is 1. The van der Waals surface area contributed by atoms with Crippen LogP contribution in [-0.2, 0) is 0 Å². The molecule has 1 amide bonds. The Hall–Kier alpha value is -1.08. The number of benzene rings is 2. The number of methoxy groups -OCH3 is 1. The topological polar surface area (TPSA) is 38.3 Å². The van der Waals surface area contributed by atoms with E-state index in [9.17, 15) is 4.79 Å². The maximum Gasteiger partial charge on any atom is 0.256 e. The number of anilines is 1. The van der Waals surface area contributed by atoms with Crippen LogP contribution in [0.5, 0.6) is 5.75 Å². The normalized spacial score (nSPS) is 10.1. The van der Waals surface area contributed by atoms with Crippen LogP contribution in [0, 0.1) is 3.57 Å². The maximum atomic E-state index is 12.3. The second kappa shape index (κ2) is 6.38. The Morgan fingerprint density at radius 3 is 2.74 bits per heavy atom. The molecule has 0 aliphatic carbocycles. The Labute approximate surface area is 133 Å². The summed E-state index contributed by atoms with van der Waals surface area (Å²) < 4.78 is 6.98. The first-order valence-corrected chi connectivity index (χ1v) is 7.38. The van der Waals surface area contributed by atoms with Crippen molar-refractivity contribution in [3.63, 3.8) is 0 Å². The lowest BCUT2D eigenvalue weighted by atomic mass is 10.2. The van der Waals surface area contributed by atoms with Gasteiger partial charge < -0.3 is 10.1 Å². The molecule has 0 aliphatic rings. The van der Waals surface area contributed by atoms with Gasteiger partial charge in [-0.15, -0.1) is 0 Å². The lowest BCUT2D eigenvalue weighted by Crippen LogP contribution is -2.14. The van der Waals surface area contributed by atoms with Crippen LogP contribution in [0.2, 0.25) is 0 Å². The summed E-state index contributed by atoms with van der Waals surface area (Å²) in [5, 5.41) is 2.86. The van der Waals surface area contributed by atoms with Gasteiger partial charge in [-0.3, -0.25) is 4.79 Å². The molecule has 0 aliphatic heterocycles. The summed E-state index contributed by atoms with van der Waals surface area (Å²) in [7, 11) is 1.58. The Bertz CT molecular complexity index is 616. The zero-order chi connectivity index (χ0) is 13.8. The quantitative estimate of drug-likeness (QED) is 0.735. The second-order valence-electron chi connectivity index (χ2n) is 3.78. The van der Waals surface area contributed by atoms with Gasteiger partial charge in [0.15, 0.2) is 0 Å². The van der Waals surface area contributed by atoms with E-state index in [0.717, 1.165) is 8.04 Å². The highest BCUT2D eigenvalue weighted by Gasteiger charge is 2.12. The summed E-state index contributed by atoms with van der Waals surface area (Å²) >= 11 is 5.51. The lowest BCUT2D eigenvalue weighted by molar-refractivity contribution is 0.102. The third-order valence-corrected chi connectivity index (χ3v) is 3.96. The minimum absolute atomic E-state index is 0.157. The van der Waals surface area contributed by atoms with Crippen molar-refractivity contribution < 1.29 is 9.53 Å². The maximum absolute atomic E-state index is 12.3. The van der Waals surface area contributed by atoms with Gasteiger partial charge in [-0.25, -0.2) is 0 Å². The third-order valence-electron chi connectivity index (χ3n) is 2.53. The van der Waals surface area contributed by atoms with E-state index >= 15 is 0 Å². The number of hydrogen-bond acceptors (Lipinski definition) is 2. The van der Waals surface area contributed by atoms with Crippen LogP contribution in [0.15, 0.2) is 46.9 Å². The second-order valence-corrected chi connectivity index (χ2v) is 5.86. The van der Waals surface area contributed by atoms with Crippen LogP contribution >= 0.6 is 38.5 Å². The SMILES string of the molecule is COc1ccccc1NC(=O)c1cc(Br)ccc1I. The van der Waals surface area contributed by atoms with Gasteiger partial charge in [0.05, 0.1) is 18.4 Å². The molecule has 0 saturated carbocycles. The highest BCUT2D eigenvalue weighted by atomic mass is 127. The van der Waals surface area contributed by atoms with E-state index < -0.39 is 0 Å². The summed E-state index contributed by atoms with van der Waals surface area (Å²) in [6.45, 7) is 0. The van der Waals surface area contributed by atoms with E-state index in [2.05, 4.69) is 43.8 Å². The Balaban J connectivity index is 2.28. The van der Waals surface area contributed by atoms with Crippen LogP contribution in [0.1, 0.15) is 10.4 Å². The molecule has 2 aromatic carbocycles. The van der Waals surface area contributed by atoms with Crippen molar-refractivity contribution >= 4 is 50.1 Å². The zero-order valence-corrected chi connectivity index (χ0v) is 13.9. The summed E-state index contributed by atoms with van der Waals surface area (Å²) in [4.78, 5) is 12.3. The summed E-state index contributed by atoms with van der Waals surface area (Å²) in [6, 6.07) is 12.9. The van der Waals surface area contributed by atoms with Crippen molar-refractivity contribution in [2.75, 3.05) is 12.4 Å². The standard InChI is InChI=1S/C14H11BrINO2/c1-19-13-5-3-2-4-12(13)17-14(18)10-8-9(15)6-7-11(10)16/h2-8H,1H3,(H,17,18). The minimum atomic E-state index is -0.157. The van der Waals surface area contributed by atoms with Gasteiger partial charge in [-0.05, 0) is 52.9 Å². The first-order valence-electron chi connectivity index (χ1n) is 5.51. The molecule has 0 saturated heterocycles. The number of rotatable bonds is 3. The molecule has 0 heterocycles. The highest BCUT2D eigenvalue weighted by Crippen LogP contribution is 2.25. The first kappa shape index (κ1) is 14.3. The van der Waals surface area contributed by atoms with Gasteiger partial charge in [0.25, 0.3) is 5.91 Å². The van der Waals surface area contributed by atoms with Crippen LogP contribution < -0.4 is 10.1 Å². The number of para-hydroxylation sites is 2. The fourth-order valence-corrected chi connectivity index (χ4v) is 2.55. The van der Waals surface area contributed by atoms with Gasteiger partial charge in [0.1, 0.15) is 5.75 Å².